The lowest BCUT2D eigenvalue weighted by molar-refractivity contribution is -0.144. The third-order valence-electron chi connectivity index (χ3n) is 2.17. The minimum atomic E-state index is -4.27. The van der Waals surface area contributed by atoms with Crippen molar-refractivity contribution in [2.24, 2.45) is 5.41 Å². The van der Waals surface area contributed by atoms with Crippen LogP contribution in [-0.4, -0.2) is 24.5 Å². The number of halogens is 4. The largest absolute Gasteiger partial charge is 0.389 e. The Morgan fingerprint density at radius 1 is 1.25 bits per heavy atom. The molecule has 0 aliphatic heterocycles. The number of amides is 1. The van der Waals surface area contributed by atoms with Gasteiger partial charge in [-0.1, -0.05) is 13.8 Å². The second-order valence-electron chi connectivity index (χ2n) is 4.50. The predicted octanol–water partition coefficient (Wildman–Crippen LogP) is 3.10. The molecule has 0 saturated carbocycles. The number of carbonyl (C=O) groups is 1. The van der Waals surface area contributed by atoms with E-state index in [-0.39, 0.29) is 5.41 Å². The summed E-state index contributed by atoms with van der Waals surface area (Å²) in [4.78, 5) is 11.1. The Balaban J connectivity index is 3.81. The molecule has 16 heavy (non-hydrogen) atoms. The molecule has 0 bridgehead atoms. The second-order valence-corrected chi connectivity index (χ2v) is 4.87. The molecule has 0 radical (unpaired) electrons. The van der Waals surface area contributed by atoms with E-state index in [2.05, 4.69) is 5.32 Å². The van der Waals surface area contributed by atoms with Gasteiger partial charge < -0.3 is 5.32 Å². The first-order chi connectivity index (χ1) is 7.16. The van der Waals surface area contributed by atoms with Gasteiger partial charge in [0, 0.05) is 18.8 Å². The third kappa shape index (κ3) is 8.83. The summed E-state index contributed by atoms with van der Waals surface area (Å²) in [5, 5.41) is 2.48. The second kappa shape index (κ2) is 6.33. The van der Waals surface area contributed by atoms with Crippen LogP contribution in [0.1, 0.15) is 33.1 Å². The Bertz CT molecular complexity index is 229. The van der Waals surface area contributed by atoms with Crippen molar-refractivity contribution in [3.05, 3.63) is 0 Å². The zero-order chi connectivity index (χ0) is 12.8. The first kappa shape index (κ1) is 15.6. The number of hydrogen-bond acceptors (Lipinski definition) is 1. The van der Waals surface area contributed by atoms with E-state index in [1.807, 2.05) is 13.8 Å². The quantitative estimate of drug-likeness (QED) is 0.730. The van der Waals surface area contributed by atoms with Gasteiger partial charge in [0.25, 0.3) is 0 Å². The van der Waals surface area contributed by atoms with E-state index in [1.54, 1.807) is 0 Å². The van der Waals surface area contributed by atoms with E-state index < -0.39 is 24.9 Å². The smallest absolute Gasteiger partial charge is 0.356 e. The van der Waals surface area contributed by atoms with Gasteiger partial charge in [0.05, 0.1) is 6.42 Å². The van der Waals surface area contributed by atoms with Gasteiger partial charge in [0.15, 0.2) is 0 Å². The van der Waals surface area contributed by atoms with E-state index in [1.165, 1.54) is 0 Å². The lowest BCUT2D eigenvalue weighted by Crippen LogP contribution is -2.34. The number of carbonyl (C=O) groups excluding carboxylic acids is 1. The monoisotopic (exact) mass is 259 g/mol. The van der Waals surface area contributed by atoms with Crippen molar-refractivity contribution >= 4 is 17.5 Å². The van der Waals surface area contributed by atoms with Gasteiger partial charge in [-0.3, -0.25) is 4.79 Å². The fraction of sp³-hybridized carbons (Fsp3) is 0.900. The van der Waals surface area contributed by atoms with Crippen LogP contribution in [0.3, 0.4) is 0 Å². The highest BCUT2D eigenvalue weighted by Gasteiger charge is 2.28. The van der Waals surface area contributed by atoms with Crippen LogP contribution in [0, 0.1) is 5.41 Å². The van der Waals surface area contributed by atoms with Gasteiger partial charge >= 0.3 is 6.18 Å². The van der Waals surface area contributed by atoms with Crippen molar-refractivity contribution in [1.82, 2.24) is 5.32 Å². The first-order valence-electron chi connectivity index (χ1n) is 5.06. The molecule has 0 fully saturated rings. The van der Waals surface area contributed by atoms with Crippen molar-refractivity contribution < 1.29 is 18.0 Å². The molecule has 0 saturated heterocycles. The van der Waals surface area contributed by atoms with Crippen LogP contribution in [0.25, 0.3) is 0 Å². The Hall–Kier alpha value is -0.450. The molecule has 0 heterocycles. The molecule has 1 N–H and O–H groups in total. The van der Waals surface area contributed by atoms with Crippen LogP contribution in [0.5, 0.6) is 0 Å². The highest BCUT2D eigenvalue weighted by Crippen LogP contribution is 2.22. The van der Waals surface area contributed by atoms with Crippen LogP contribution < -0.4 is 5.32 Å². The Kier molecular flexibility index (Phi) is 6.15. The number of hydrogen-bond donors (Lipinski definition) is 1. The highest BCUT2D eigenvalue weighted by atomic mass is 35.5. The molecule has 1 amide bonds. The molecule has 0 aliphatic rings. The van der Waals surface area contributed by atoms with Crippen LogP contribution >= 0.6 is 11.6 Å². The number of rotatable bonds is 6. The van der Waals surface area contributed by atoms with Gasteiger partial charge in [0.1, 0.15) is 0 Å². The molecule has 2 nitrogen and oxygen atoms in total. The number of alkyl halides is 4. The van der Waals surface area contributed by atoms with Crippen molar-refractivity contribution in [1.29, 1.82) is 0 Å². The summed E-state index contributed by atoms with van der Waals surface area (Å²) >= 11 is 5.56. The molecule has 0 aliphatic carbocycles. The average molecular weight is 260 g/mol. The topological polar surface area (TPSA) is 29.1 Å². The Labute approximate surface area is 98.5 Å². The summed E-state index contributed by atoms with van der Waals surface area (Å²) in [5.74, 6) is -0.106. The maximum absolute atomic E-state index is 11.8. The Morgan fingerprint density at radius 3 is 2.25 bits per heavy atom. The molecular weight excluding hydrogens is 243 g/mol. The minimum absolute atomic E-state index is 0.185. The summed E-state index contributed by atoms with van der Waals surface area (Å²) < 4.78 is 35.4. The fourth-order valence-corrected chi connectivity index (χ4v) is 1.54. The molecule has 0 aromatic carbocycles. The molecule has 6 heteroatoms. The van der Waals surface area contributed by atoms with Gasteiger partial charge in [0.2, 0.25) is 5.91 Å². The van der Waals surface area contributed by atoms with Gasteiger partial charge in [-0.15, -0.1) is 11.6 Å². The van der Waals surface area contributed by atoms with E-state index in [9.17, 15) is 18.0 Å². The summed E-state index contributed by atoms with van der Waals surface area (Å²) in [6, 6.07) is 0. The standard InChI is InChI=1S/C10H17ClF3NO/c1-9(2,5-6-11)7-15-8(16)3-4-10(12,13)14/h3-7H2,1-2H3,(H,15,16). The summed E-state index contributed by atoms with van der Waals surface area (Å²) in [6.45, 7) is 4.15. The third-order valence-corrected chi connectivity index (χ3v) is 2.36. The van der Waals surface area contributed by atoms with E-state index >= 15 is 0 Å². The van der Waals surface area contributed by atoms with Crippen LogP contribution in [-0.2, 0) is 4.79 Å². The molecule has 96 valence electrons. The maximum Gasteiger partial charge on any atom is 0.389 e. The zero-order valence-electron chi connectivity index (χ0n) is 9.46. The molecule has 0 aromatic heterocycles. The molecule has 0 unspecified atom stereocenters. The van der Waals surface area contributed by atoms with Gasteiger partial charge in [-0.25, -0.2) is 0 Å². The molecule has 0 spiro atoms. The van der Waals surface area contributed by atoms with E-state index in [0.717, 1.165) is 0 Å². The summed E-state index contributed by atoms with van der Waals surface area (Å²) in [7, 11) is 0. The average Bonchev–Trinajstić information content (AvgIpc) is 2.10. The maximum atomic E-state index is 11.8. The number of nitrogens with one attached hydrogen (secondary N) is 1. The lowest BCUT2D eigenvalue weighted by atomic mass is 9.90. The van der Waals surface area contributed by atoms with Crippen LogP contribution in [0.2, 0.25) is 0 Å². The molecule has 0 rings (SSSR count). The minimum Gasteiger partial charge on any atom is -0.356 e. The lowest BCUT2D eigenvalue weighted by Gasteiger charge is -2.23. The van der Waals surface area contributed by atoms with Crippen molar-refractivity contribution in [3.63, 3.8) is 0 Å². The van der Waals surface area contributed by atoms with E-state index in [0.29, 0.717) is 18.8 Å². The Morgan fingerprint density at radius 2 is 1.81 bits per heavy atom. The van der Waals surface area contributed by atoms with Crippen LogP contribution in [0.4, 0.5) is 13.2 Å². The van der Waals surface area contributed by atoms with Gasteiger partial charge in [-0.05, 0) is 11.8 Å². The summed E-state index contributed by atoms with van der Waals surface area (Å²) in [6.07, 6.45) is -5.16. The molecule has 0 atom stereocenters. The van der Waals surface area contributed by atoms with Crippen molar-refractivity contribution in [2.75, 3.05) is 12.4 Å². The molecule has 0 aromatic rings. The highest BCUT2D eigenvalue weighted by molar-refractivity contribution is 6.17. The van der Waals surface area contributed by atoms with E-state index in [4.69, 9.17) is 11.6 Å². The van der Waals surface area contributed by atoms with Gasteiger partial charge in [-0.2, -0.15) is 13.2 Å². The van der Waals surface area contributed by atoms with Crippen molar-refractivity contribution in [3.8, 4) is 0 Å². The first-order valence-corrected chi connectivity index (χ1v) is 5.59. The predicted molar refractivity (Wildman–Crippen MR) is 57.4 cm³/mol. The summed E-state index contributed by atoms with van der Waals surface area (Å²) in [5.41, 5.74) is -0.185. The SMILES string of the molecule is CC(C)(CCCl)CNC(=O)CCC(F)(F)F. The molecular formula is C10H17ClF3NO. The fourth-order valence-electron chi connectivity index (χ4n) is 1.03. The normalized spacial score (nSPS) is 12.6. The van der Waals surface area contributed by atoms with Crippen molar-refractivity contribution in [2.45, 2.75) is 39.3 Å². The van der Waals surface area contributed by atoms with Crippen LogP contribution in [0.15, 0.2) is 0 Å². The zero-order valence-corrected chi connectivity index (χ0v) is 10.2.